The lowest BCUT2D eigenvalue weighted by atomic mass is 9.96. The molecule has 0 aromatic heterocycles. The molecule has 1 aliphatic rings. The summed E-state index contributed by atoms with van der Waals surface area (Å²) < 4.78 is 5.48. The van der Waals surface area contributed by atoms with Gasteiger partial charge in [0.25, 0.3) is 0 Å². The number of piperidine rings is 1. The monoisotopic (exact) mass is 298 g/mol. The molecule has 20 heavy (non-hydrogen) atoms. The Kier molecular flexibility index (Phi) is 6.80. The molecule has 2 atom stereocenters. The van der Waals surface area contributed by atoms with Crippen molar-refractivity contribution in [1.82, 2.24) is 4.90 Å². The number of nitrogens with zero attached hydrogens (tertiary/aromatic N) is 1. The number of likely N-dealkylation sites (tertiary alicyclic amines) is 1. The Morgan fingerprint density at radius 2 is 2.15 bits per heavy atom. The predicted molar refractivity (Wildman–Crippen MR) is 86.7 cm³/mol. The fourth-order valence-corrected chi connectivity index (χ4v) is 3.06. The molecule has 2 unspecified atom stereocenters. The van der Waals surface area contributed by atoms with Crippen LogP contribution in [-0.4, -0.2) is 30.6 Å². The number of hydrogen-bond donors (Lipinski definition) is 1. The molecule has 114 valence electrons. The van der Waals surface area contributed by atoms with E-state index >= 15 is 0 Å². The second-order valence-corrected chi connectivity index (χ2v) is 5.71. The van der Waals surface area contributed by atoms with Crippen LogP contribution in [0, 0.1) is 6.92 Å². The van der Waals surface area contributed by atoms with E-state index in [0.29, 0.717) is 6.04 Å². The summed E-state index contributed by atoms with van der Waals surface area (Å²) in [4.78, 5) is 2.52. The summed E-state index contributed by atoms with van der Waals surface area (Å²) in [6, 6.07) is 7.12. The van der Waals surface area contributed by atoms with Gasteiger partial charge in [0.05, 0.1) is 7.11 Å². The molecule has 0 bridgehead atoms. The molecular weight excluding hydrogens is 272 g/mol. The fraction of sp³-hybridized carbons (Fsp3) is 0.625. The lowest BCUT2D eigenvalue weighted by Crippen LogP contribution is -2.48. The van der Waals surface area contributed by atoms with Crippen molar-refractivity contribution in [2.75, 3.05) is 13.7 Å². The van der Waals surface area contributed by atoms with E-state index in [1.165, 1.54) is 30.4 Å². The maximum atomic E-state index is 6.14. The molecular formula is C16H27ClN2O. The van der Waals surface area contributed by atoms with Crippen LogP contribution in [0.5, 0.6) is 5.75 Å². The zero-order chi connectivity index (χ0) is 13.8. The van der Waals surface area contributed by atoms with Gasteiger partial charge in [-0.3, -0.25) is 4.90 Å². The normalized spacial score (nSPS) is 21.1. The second-order valence-electron chi connectivity index (χ2n) is 5.71. The molecule has 1 heterocycles. The molecule has 3 nitrogen and oxygen atoms in total. The highest BCUT2D eigenvalue weighted by atomic mass is 35.5. The van der Waals surface area contributed by atoms with Crippen molar-refractivity contribution < 1.29 is 4.74 Å². The summed E-state index contributed by atoms with van der Waals surface area (Å²) >= 11 is 0. The highest BCUT2D eigenvalue weighted by Crippen LogP contribution is 2.26. The Balaban J connectivity index is 0.00000200. The van der Waals surface area contributed by atoms with Gasteiger partial charge < -0.3 is 10.5 Å². The minimum Gasteiger partial charge on any atom is -0.496 e. The van der Waals surface area contributed by atoms with E-state index in [4.69, 9.17) is 10.5 Å². The second kappa shape index (κ2) is 7.87. The third-order valence-electron chi connectivity index (χ3n) is 4.08. The van der Waals surface area contributed by atoms with Crippen LogP contribution in [0.2, 0.25) is 0 Å². The highest BCUT2D eigenvalue weighted by Gasteiger charge is 2.25. The van der Waals surface area contributed by atoms with Gasteiger partial charge >= 0.3 is 0 Å². The van der Waals surface area contributed by atoms with Crippen LogP contribution in [0.1, 0.15) is 37.3 Å². The number of methoxy groups -OCH3 is 1. The van der Waals surface area contributed by atoms with E-state index < -0.39 is 0 Å². The molecule has 1 aromatic rings. The first-order valence-corrected chi connectivity index (χ1v) is 7.25. The van der Waals surface area contributed by atoms with Crippen molar-refractivity contribution in [3.05, 3.63) is 29.3 Å². The molecule has 0 radical (unpaired) electrons. The van der Waals surface area contributed by atoms with E-state index in [0.717, 1.165) is 18.8 Å². The maximum Gasteiger partial charge on any atom is 0.123 e. The Bertz CT molecular complexity index is 423. The summed E-state index contributed by atoms with van der Waals surface area (Å²) in [7, 11) is 1.74. The average molecular weight is 299 g/mol. The minimum atomic E-state index is 0. The Labute approximate surface area is 128 Å². The first kappa shape index (κ1) is 17.3. The molecule has 1 aromatic carbocycles. The molecule has 2 N–H and O–H groups in total. The molecule has 0 amide bonds. The number of aryl methyl sites for hydroxylation is 1. The lowest BCUT2D eigenvalue weighted by Gasteiger charge is -2.38. The Morgan fingerprint density at radius 3 is 2.80 bits per heavy atom. The van der Waals surface area contributed by atoms with Crippen molar-refractivity contribution in [3.63, 3.8) is 0 Å². The Hall–Kier alpha value is -0.770. The van der Waals surface area contributed by atoms with Crippen LogP contribution in [-0.2, 0) is 6.54 Å². The van der Waals surface area contributed by atoms with Crippen molar-refractivity contribution in [3.8, 4) is 5.75 Å². The number of nitrogens with two attached hydrogens (primary N) is 1. The standard InChI is InChI=1S/C16H26N2O.ClH/c1-12-7-8-16(19-3)14(10-12)11-18-9-5-4-6-15(18)13(2)17;/h7-8,10,13,15H,4-6,9,11,17H2,1-3H3;1H. The minimum absolute atomic E-state index is 0. The van der Waals surface area contributed by atoms with Crippen LogP contribution in [0.15, 0.2) is 18.2 Å². The third kappa shape index (κ3) is 4.11. The SMILES string of the molecule is COc1ccc(C)cc1CN1CCCCC1C(C)N.Cl. The average Bonchev–Trinajstić information content (AvgIpc) is 2.39. The van der Waals surface area contributed by atoms with Gasteiger partial charge in [-0.15, -0.1) is 12.4 Å². The molecule has 0 aliphatic carbocycles. The largest absolute Gasteiger partial charge is 0.496 e. The molecule has 0 saturated carbocycles. The van der Waals surface area contributed by atoms with Crippen LogP contribution in [0.25, 0.3) is 0 Å². The topological polar surface area (TPSA) is 38.5 Å². The molecule has 2 rings (SSSR count). The smallest absolute Gasteiger partial charge is 0.123 e. The summed E-state index contributed by atoms with van der Waals surface area (Å²) in [5.41, 5.74) is 8.69. The maximum absolute atomic E-state index is 6.14. The van der Waals surface area contributed by atoms with E-state index in [1.807, 2.05) is 0 Å². The molecule has 4 heteroatoms. The molecule has 0 spiro atoms. The van der Waals surface area contributed by atoms with Gasteiger partial charge in [0, 0.05) is 24.2 Å². The van der Waals surface area contributed by atoms with E-state index in [9.17, 15) is 0 Å². The van der Waals surface area contributed by atoms with Gasteiger partial charge in [-0.2, -0.15) is 0 Å². The van der Waals surface area contributed by atoms with Gasteiger partial charge in [-0.05, 0) is 39.3 Å². The van der Waals surface area contributed by atoms with Crippen LogP contribution in [0.3, 0.4) is 0 Å². The molecule has 1 aliphatic heterocycles. The third-order valence-corrected chi connectivity index (χ3v) is 4.08. The van der Waals surface area contributed by atoms with Crippen molar-refractivity contribution in [2.45, 2.75) is 51.7 Å². The van der Waals surface area contributed by atoms with Crippen molar-refractivity contribution in [2.24, 2.45) is 5.73 Å². The fourth-order valence-electron chi connectivity index (χ4n) is 3.06. The van der Waals surface area contributed by atoms with Crippen LogP contribution < -0.4 is 10.5 Å². The highest BCUT2D eigenvalue weighted by molar-refractivity contribution is 5.85. The quantitative estimate of drug-likeness (QED) is 0.928. The van der Waals surface area contributed by atoms with E-state index in [2.05, 4.69) is 36.9 Å². The van der Waals surface area contributed by atoms with Gasteiger partial charge in [-0.25, -0.2) is 0 Å². The van der Waals surface area contributed by atoms with Gasteiger partial charge in [-0.1, -0.05) is 24.1 Å². The molecule has 1 saturated heterocycles. The number of ether oxygens (including phenoxy) is 1. The first-order chi connectivity index (χ1) is 9.11. The molecule has 1 fully saturated rings. The van der Waals surface area contributed by atoms with E-state index in [-0.39, 0.29) is 18.4 Å². The summed E-state index contributed by atoms with van der Waals surface area (Å²) in [5.74, 6) is 0.986. The summed E-state index contributed by atoms with van der Waals surface area (Å²) in [6.45, 7) is 6.33. The number of halogens is 1. The summed E-state index contributed by atoms with van der Waals surface area (Å²) in [5, 5.41) is 0. The number of benzene rings is 1. The van der Waals surface area contributed by atoms with Crippen LogP contribution >= 0.6 is 12.4 Å². The van der Waals surface area contributed by atoms with E-state index in [1.54, 1.807) is 7.11 Å². The predicted octanol–water partition coefficient (Wildman–Crippen LogP) is 3.13. The van der Waals surface area contributed by atoms with Crippen LogP contribution in [0.4, 0.5) is 0 Å². The zero-order valence-corrected chi connectivity index (χ0v) is 13.6. The van der Waals surface area contributed by atoms with Gasteiger partial charge in [0.15, 0.2) is 0 Å². The number of rotatable bonds is 4. The van der Waals surface area contributed by atoms with Crippen molar-refractivity contribution in [1.29, 1.82) is 0 Å². The van der Waals surface area contributed by atoms with Gasteiger partial charge in [0.2, 0.25) is 0 Å². The zero-order valence-electron chi connectivity index (χ0n) is 12.8. The summed E-state index contributed by atoms with van der Waals surface area (Å²) in [6.07, 6.45) is 3.79. The van der Waals surface area contributed by atoms with Crippen molar-refractivity contribution >= 4 is 12.4 Å². The van der Waals surface area contributed by atoms with Gasteiger partial charge in [0.1, 0.15) is 5.75 Å². The number of hydrogen-bond acceptors (Lipinski definition) is 3. The Morgan fingerprint density at radius 1 is 1.40 bits per heavy atom. The first-order valence-electron chi connectivity index (χ1n) is 7.25. The lowest BCUT2D eigenvalue weighted by molar-refractivity contribution is 0.122.